The molecule has 0 aliphatic rings. The van der Waals surface area contributed by atoms with Gasteiger partial charge in [-0.05, 0) is 6.07 Å². The SMILES string of the molecule is Oc1c(F)cc(F)cc1-c1c(F)c(F)c(F)c(F)c1F. The molecule has 2 aromatic carbocycles. The fraction of sp³-hybridized carbons (Fsp3) is 0. The van der Waals surface area contributed by atoms with Crippen molar-refractivity contribution in [3.8, 4) is 16.9 Å². The minimum Gasteiger partial charge on any atom is -0.504 e. The molecule has 106 valence electrons. The van der Waals surface area contributed by atoms with Crippen molar-refractivity contribution in [2.24, 2.45) is 0 Å². The molecule has 0 saturated heterocycles. The van der Waals surface area contributed by atoms with Crippen LogP contribution in [0.25, 0.3) is 11.1 Å². The van der Waals surface area contributed by atoms with Crippen LogP contribution in [0, 0.1) is 40.7 Å². The number of rotatable bonds is 1. The quantitative estimate of drug-likeness (QED) is 0.478. The Labute approximate surface area is 106 Å². The van der Waals surface area contributed by atoms with E-state index >= 15 is 0 Å². The first-order valence-electron chi connectivity index (χ1n) is 4.95. The summed E-state index contributed by atoms with van der Waals surface area (Å²) in [4.78, 5) is 0. The van der Waals surface area contributed by atoms with Gasteiger partial charge in [-0.25, -0.2) is 30.7 Å². The minimum absolute atomic E-state index is 0.185. The lowest BCUT2D eigenvalue weighted by atomic mass is 10.0. The first kappa shape index (κ1) is 14.2. The fourth-order valence-electron chi connectivity index (χ4n) is 1.60. The number of phenolic OH excluding ortho intramolecular Hbond substituents is 1. The number of hydrogen-bond acceptors (Lipinski definition) is 1. The molecule has 2 rings (SSSR count). The molecule has 0 aromatic heterocycles. The monoisotopic (exact) mass is 296 g/mol. The average Bonchev–Trinajstić information content (AvgIpc) is 2.39. The van der Waals surface area contributed by atoms with E-state index in [9.17, 15) is 35.8 Å². The lowest BCUT2D eigenvalue weighted by molar-refractivity contribution is 0.380. The Morgan fingerprint density at radius 2 is 1.10 bits per heavy atom. The third kappa shape index (κ3) is 1.97. The lowest BCUT2D eigenvalue weighted by Gasteiger charge is -2.10. The van der Waals surface area contributed by atoms with Crippen molar-refractivity contribution in [2.75, 3.05) is 0 Å². The minimum atomic E-state index is -2.42. The average molecular weight is 296 g/mol. The van der Waals surface area contributed by atoms with E-state index in [2.05, 4.69) is 0 Å². The summed E-state index contributed by atoms with van der Waals surface area (Å²) in [5.41, 5.74) is -2.80. The van der Waals surface area contributed by atoms with E-state index < -0.39 is 57.6 Å². The summed E-state index contributed by atoms with van der Waals surface area (Å²) in [7, 11) is 0. The largest absolute Gasteiger partial charge is 0.504 e. The van der Waals surface area contributed by atoms with E-state index in [1.165, 1.54) is 0 Å². The summed E-state index contributed by atoms with van der Waals surface area (Å²) in [6.07, 6.45) is 0. The van der Waals surface area contributed by atoms with Crippen LogP contribution >= 0.6 is 0 Å². The predicted molar refractivity (Wildman–Crippen MR) is 53.2 cm³/mol. The van der Waals surface area contributed by atoms with Crippen LogP contribution in [-0.2, 0) is 0 Å². The Morgan fingerprint density at radius 1 is 0.650 bits per heavy atom. The van der Waals surface area contributed by atoms with Gasteiger partial charge < -0.3 is 5.11 Å². The number of halogens is 7. The normalized spacial score (nSPS) is 10.9. The molecular formula is C12H3F7O. The Hall–Kier alpha value is -2.25. The Bertz CT molecular complexity index is 683. The molecule has 0 aliphatic heterocycles. The molecule has 0 spiro atoms. The Kier molecular flexibility index (Phi) is 3.33. The topological polar surface area (TPSA) is 20.2 Å². The van der Waals surface area contributed by atoms with Crippen molar-refractivity contribution >= 4 is 0 Å². The van der Waals surface area contributed by atoms with Crippen LogP contribution in [-0.4, -0.2) is 5.11 Å². The van der Waals surface area contributed by atoms with Gasteiger partial charge in [0.25, 0.3) is 0 Å². The summed E-state index contributed by atoms with van der Waals surface area (Å²) < 4.78 is 91.8. The Balaban J connectivity index is 2.91. The van der Waals surface area contributed by atoms with Crippen LogP contribution in [0.1, 0.15) is 0 Å². The summed E-state index contributed by atoms with van der Waals surface area (Å²) in [5, 5.41) is 9.26. The highest BCUT2D eigenvalue weighted by Gasteiger charge is 2.29. The number of aromatic hydroxyl groups is 1. The highest BCUT2D eigenvalue weighted by molar-refractivity contribution is 5.71. The molecule has 0 bridgehead atoms. The van der Waals surface area contributed by atoms with E-state index in [1.807, 2.05) is 0 Å². The zero-order chi connectivity index (χ0) is 15.2. The summed E-state index contributed by atoms with van der Waals surface area (Å²) in [5.74, 6) is -16.0. The van der Waals surface area contributed by atoms with Crippen molar-refractivity contribution in [1.29, 1.82) is 0 Å². The van der Waals surface area contributed by atoms with E-state index in [0.717, 1.165) is 0 Å². The predicted octanol–water partition coefficient (Wildman–Crippen LogP) is 4.03. The van der Waals surface area contributed by atoms with Gasteiger partial charge in [0.1, 0.15) is 5.82 Å². The van der Waals surface area contributed by atoms with E-state index in [4.69, 9.17) is 0 Å². The van der Waals surface area contributed by atoms with Crippen LogP contribution in [0.5, 0.6) is 5.75 Å². The van der Waals surface area contributed by atoms with Gasteiger partial charge in [-0.2, -0.15) is 0 Å². The van der Waals surface area contributed by atoms with Crippen LogP contribution < -0.4 is 0 Å². The zero-order valence-corrected chi connectivity index (χ0v) is 9.25. The molecule has 2 aromatic rings. The van der Waals surface area contributed by atoms with Crippen LogP contribution in [0.3, 0.4) is 0 Å². The molecule has 0 heterocycles. The first-order chi connectivity index (χ1) is 9.25. The highest BCUT2D eigenvalue weighted by Crippen LogP contribution is 2.38. The third-order valence-corrected chi connectivity index (χ3v) is 2.51. The smallest absolute Gasteiger partial charge is 0.200 e. The molecule has 0 unspecified atom stereocenters. The summed E-state index contributed by atoms with van der Waals surface area (Å²) in [6, 6.07) is 0.432. The standard InChI is InChI=1S/C12H3F7O/c13-3-1-4(12(20)5(14)2-3)6-7(15)9(17)11(19)10(18)8(6)16/h1-2,20H. The van der Waals surface area contributed by atoms with Gasteiger partial charge >= 0.3 is 0 Å². The van der Waals surface area contributed by atoms with Gasteiger partial charge in [-0.15, -0.1) is 0 Å². The number of benzene rings is 2. The van der Waals surface area contributed by atoms with Crippen LogP contribution in [0.15, 0.2) is 12.1 Å². The molecule has 0 saturated carbocycles. The second-order valence-electron chi connectivity index (χ2n) is 3.73. The second-order valence-corrected chi connectivity index (χ2v) is 3.73. The van der Waals surface area contributed by atoms with Crippen molar-refractivity contribution in [1.82, 2.24) is 0 Å². The van der Waals surface area contributed by atoms with E-state index in [-0.39, 0.29) is 12.1 Å². The van der Waals surface area contributed by atoms with Gasteiger partial charge in [-0.1, -0.05) is 0 Å². The van der Waals surface area contributed by atoms with Gasteiger partial charge in [0, 0.05) is 11.6 Å². The number of hydrogen-bond donors (Lipinski definition) is 1. The van der Waals surface area contributed by atoms with Crippen molar-refractivity contribution in [3.63, 3.8) is 0 Å². The molecule has 8 heteroatoms. The van der Waals surface area contributed by atoms with Gasteiger partial charge in [0.05, 0.1) is 5.56 Å². The maximum atomic E-state index is 13.5. The molecule has 0 amide bonds. The number of phenols is 1. The fourth-order valence-corrected chi connectivity index (χ4v) is 1.60. The molecule has 0 atom stereocenters. The van der Waals surface area contributed by atoms with E-state index in [0.29, 0.717) is 0 Å². The highest BCUT2D eigenvalue weighted by atomic mass is 19.2. The molecule has 0 radical (unpaired) electrons. The molecule has 1 nitrogen and oxygen atoms in total. The molecule has 0 fully saturated rings. The first-order valence-corrected chi connectivity index (χ1v) is 4.95. The van der Waals surface area contributed by atoms with Crippen LogP contribution in [0.4, 0.5) is 30.7 Å². The van der Waals surface area contributed by atoms with E-state index in [1.54, 1.807) is 0 Å². The second kappa shape index (κ2) is 4.69. The maximum absolute atomic E-state index is 13.5. The molecular weight excluding hydrogens is 293 g/mol. The van der Waals surface area contributed by atoms with Gasteiger partial charge in [0.15, 0.2) is 34.8 Å². The van der Waals surface area contributed by atoms with Crippen molar-refractivity contribution < 1.29 is 35.8 Å². The zero-order valence-electron chi connectivity index (χ0n) is 9.25. The molecule has 20 heavy (non-hydrogen) atoms. The molecule has 1 N–H and O–H groups in total. The lowest BCUT2D eigenvalue weighted by Crippen LogP contribution is -2.04. The summed E-state index contributed by atoms with van der Waals surface area (Å²) >= 11 is 0. The van der Waals surface area contributed by atoms with Crippen molar-refractivity contribution in [3.05, 3.63) is 52.9 Å². The molecule has 0 aliphatic carbocycles. The van der Waals surface area contributed by atoms with Gasteiger partial charge in [0.2, 0.25) is 5.82 Å². The van der Waals surface area contributed by atoms with Crippen LogP contribution in [0.2, 0.25) is 0 Å². The maximum Gasteiger partial charge on any atom is 0.200 e. The third-order valence-electron chi connectivity index (χ3n) is 2.51. The van der Waals surface area contributed by atoms with Gasteiger partial charge in [-0.3, -0.25) is 0 Å². The summed E-state index contributed by atoms with van der Waals surface area (Å²) in [6.45, 7) is 0. The Morgan fingerprint density at radius 3 is 1.60 bits per heavy atom. The van der Waals surface area contributed by atoms with Crippen molar-refractivity contribution in [2.45, 2.75) is 0 Å².